The zero-order valence-corrected chi connectivity index (χ0v) is 17.3. The zero-order valence-electron chi connectivity index (χ0n) is 15.7. The molecular formula is C21H18ClFN2O3S. The van der Waals surface area contributed by atoms with Crippen LogP contribution in [0.4, 0.5) is 10.1 Å². The molecule has 0 aliphatic rings. The number of hydrogen-bond acceptors (Lipinski definition) is 3. The van der Waals surface area contributed by atoms with E-state index in [9.17, 15) is 13.4 Å². The first-order valence-electron chi connectivity index (χ1n) is 8.66. The number of carboxylic acids is 1. The van der Waals surface area contributed by atoms with Gasteiger partial charge in [0, 0.05) is 23.0 Å². The molecule has 29 heavy (non-hydrogen) atoms. The van der Waals surface area contributed by atoms with Gasteiger partial charge in [-0.3, -0.25) is 14.5 Å². The Labute approximate surface area is 175 Å². The predicted molar refractivity (Wildman–Crippen MR) is 112 cm³/mol. The maximum Gasteiger partial charge on any atom is 0.307 e. The van der Waals surface area contributed by atoms with Crippen molar-refractivity contribution >= 4 is 34.2 Å². The van der Waals surface area contributed by atoms with E-state index in [1.54, 1.807) is 36.5 Å². The van der Waals surface area contributed by atoms with Crippen molar-refractivity contribution in [2.75, 3.05) is 4.72 Å². The van der Waals surface area contributed by atoms with Crippen molar-refractivity contribution in [1.29, 1.82) is 0 Å². The first-order chi connectivity index (χ1) is 13.8. The molecule has 0 bridgehead atoms. The molecule has 0 saturated carbocycles. The number of nitrogens with zero attached hydrogens (tertiary/aromatic N) is 1. The number of pyridine rings is 1. The number of hydrogen-bond donors (Lipinski definition) is 2. The van der Waals surface area contributed by atoms with Crippen LogP contribution in [0, 0.1) is 19.7 Å². The van der Waals surface area contributed by atoms with Crippen molar-refractivity contribution in [3.05, 3.63) is 76.3 Å². The summed E-state index contributed by atoms with van der Waals surface area (Å²) in [6.07, 6.45) is 3.04. The number of aryl methyl sites for hydroxylation is 1. The molecule has 0 amide bonds. The Balaban J connectivity index is 2.00. The average molecular weight is 433 g/mol. The Kier molecular flexibility index (Phi) is 6.30. The van der Waals surface area contributed by atoms with Gasteiger partial charge in [0.1, 0.15) is 5.82 Å². The van der Waals surface area contributed by atoms with E-state index in [1.807, 2.05) is 13.8 Å². The molecule has 0 spiro atoms. The van der Waals surface area contributed by atoms with Gasteiger partial charge in [-0.2, -0.15) is 0 Å². The molecule has 1 aromatic heterocycles. The predicted octanol–water partition coefficient (Wildman–Crippen LogP) is 4.92. The molecule has 3 rings (SSSR count). The van der Waals surface area contributed by atoms with Gasteiger partial charge in [-0.25, -0.2) is 8.60 Å². The van der Waals surface area contributed by atoms with Crippen LogP contribution in [0.3, 0.4) is 0 Å². The number of benzene rings is 2. The highest BCUT2D eigenvalue weighted by Crippen LogP contribution is 2.35. The van der Waals surface area contributed by atoms with E-state index in [0.717, 1.165) is 17.2 Å². The summed E-state index contributed by atoms with van der Waals surface area (Å²) in [4.78, 5) is 15.4. The number of rotatable bonds is 6. The molecule has 0 fully saturated rings. The van der Waals surface area contributed by atoms with Crippen LogP contribution in [0.25, 0.3) is 11.1 Å². The van der Waals surface area contributed by atoms with Crippen LogP contribution < -0.4 is 4.72 Å². The molecule has 0 aliphatic carbocycles. The first kappa shape index (κ1) is 21.0. The molecule has 1 unspecified atom stereocenters. The van der Waals surface area contributed by atoms with Crippen LogP contribution in [-0.4, -0.2) is 20.3 Å². The zero-order chi connectivity index (χ0) is 21.1. The lowest BCUT2D eigenvalue weighted by atomic mass is 10.0. The lowest BCUT2D eigenvalue weighted by molar-refractivity contribution is -0.136. The average Bonchev–Trinajstić information content (AvgIpc) is 2.66. The molecule has 5 nitrogen and oxygen atoms in total. The molecular weight excluding hydrogens is 415 g/mol. The summed E-state index contributed by atoms with van der Waals surface area (Å²) in [5, 5.41) is 9.09. The van der Waals surface area contributed by atoms with Crippen LogP contribution >= 0.6 is 11.6 Å². The maximum atomic E-state index is 14.7. The molecule has 8 heteroatoms. The first-order valence-corrected chi connectivity index (χ1v) is 10.2. The van der Waals surface area contributed by atoms with Gasteiger partial charge in [0.05, 0.1) is 17.0 Å². The number of halogens is 2. The monoisotopic (exact) mass is 432 g/mol. The van der Waals surface area contributed by atoms with Gasteiger partial charge in [0.2, 0.25) is 0 Å². The summed E-state index contributed by atoms with van der Waals surface area (Å²) in [6.45, 7) is 3.68. The third-order valence-electron chi connectivity index (χ3n) is 4.49. The van der Waals surface area contributed by atoms with Gasteiger partial charge in [-0.1, -0.05) is 35.9 Å². The smallest absolute Gasteiger partial charge is 0.307 e. The molecule has 150 valence electrons. The quantitative estimate of drug-likeness (QED) is 0.579. The van der Waals surface area contributed by atoms with Crippen molar-refractivity contribution in [2.45, 2.75) is 25.2 Å². The number of nitrogens with one attached hydrogen (secondary N) is 1. The van der Waals surface area contributed by atoms with E-state index in [0.29, 0.717) is 21.6 Å². The van der Waals surface area contributed by atoms with Gasteiger partial charge < -0.3 is 5.11 Å². The van der Waals surface area contributed by atoms with Crippen molar-refractivity contribution in [3.8, 4) is 11.1 Å². The van der Waals surface area contributed by atoms with Crippen molar-refractivity contribution in [3.63, 3.8) is 0 Å². The molecule has 3 aromatic rings. The summed E-state index contributed by atoms with van der Waals surface area (Å²) in [5.41, 5.74) is 3.37. The molecule has 0 radical (unpaired) electrons. The highest BCUT2D eigenvalue weighted by molar-refractivity contribution is 7.86. The standard InChI is InChI=1S/C21H18ClFN2O3S/c1-12-10-24-11-19(13(12)2)29(28)25-21-17(8-16(22)9-18(21)23)15-5-3-14(4-6-15)7-20(26)27/h3-6,8-11,25H,7H2,1-2H3,(H,26,27). The second-order valence-electron chi connectivity index (χ2n) is 6.53. The molecule has 1 atom stereocenters. The van der Waals surface area contributed by atoms with Gasteiger partial charge >= 0.3 is 5.97 Å². The van der Waals surface area contributed by atoms with Crippen molar-refractivity contribution in [1.82, 2.24) is 4.98 Å². The Hall–Kier alpha value is -2.77. The normalized spacial score (nSPS) is 11.9. The van der Waals surface area contributed by atoms with E-state index < -0.39 is 22.8 Å². The molecule has 2 N–H and O–H groups in total. The van der Waals surface area contributed by atoms with Gasteiger partial charge in [-0.05, 0) is 48.2 Å². The van der Waals surface area contributed by atoms with Crippen LogP contribution in [0.15, 0.2) is 53.7 Å². The van der Waals surface area contributed by atoms with E-state index in [-0.39, 0.29) is 17.1 Å². The van der Waals surface area contributed by atoms with Crippen LogP contribution in [0.2, 0.25) is 5.02 Å². The third-order valence-corrected chi connectivity index (χ3v) is 5.91. The largest absolute Gasteiger partial charge is 0.481 e. The number of anilines is 1. The topological polar surface area (TPSA) is 79.3 Å². The fraction of sp³-hybridized carbons (Fsp3) is 0.143. The maximum absolute atomic E-state index is 14.7. The van der Waals surface area contributed by atoms with Crippen molar-refractivity contribution in [2.24, 2.45) is 0 Å². The number of carboxylic acid groups (broad SMARTS) is 1. The number of aliphatic carboxylic acids is 1. The van der Waals surface area contributed by atoms with Crippen LogP contribution in [0.5, 0.6) is 0 Å². The second-order valence-corrected chi connectivity index (χ2v) is 8.15. The minimum absolute atomic E-state index is 0.0413. The lowest BCUT2D eigenvalue weighted by Crippen LogP contribution is -2.10. The molecule has 1 heterocycles. The number of aromatic nitrogens is 1. The Bertz CT molecular complexity index is 1100. The summed E-state index contributed by atoms with van der Waals surface area (Å²) < 4.78 is 30.3. The van der Waals surface area contributed by atoms with Gasteiger partial charge in [-0.15, -0.1) is 0 Å². The van der Waals surface area contributed by atoms with Crippen LogP contribution in [0.1, 0.15) is 16.7 Å². The lowest BCUT2D eigenvalue weighted by Gasteiger charge is -2.15. The highest BCUT2D eigenvalue weighted by atomic mass is 35.5. The van der Waals surface area contributed by atoms with E-state index in [1.165, 1.54) is 6.20 Å². The number of carbonyl (C=O) groups is 1. The van der Waals surface area contributed by atoms with E-state index in [4.69, 9.17) is 16.7 Å². The van der Waals surface area contributed by atoms with Crippen LogP contribution in [-0.2, 0) is 22.2 Å². The second kappa shape index (κ2) is 8.71. The molecule has 2 aromatic carbocycles. The SMILES string of the molecule is Cc1cncc(S(=O)Nc2c(F)cc(Cl)cc2-c2ccc(CC(=O)O)cc2)c1C. The Morgan fingerprint density at radius 1 is 1.21 bits per heavy atom. The summed E-state index contributed by atoms with van der Waals surface area (Å²) >= 11 is 6.04. The Morgan fingerprint density at radius 3 is 2.55 bits per heavy atom. The summed E-state index contributed by atoms with van der Waals surface area (Å²) in [5.74, 6) is -1.58. The van der Waals surface area contributed by atoms with Gasteiger partial charge in [0.25, 0.3) is 0 Å². The third kappa shape index (κ3) is 4.81. The van der Waals surface area contributed by atoms with Gasteiger partial charge in [0.15, 0.2) is 11.0 Å². The fourth-order valence-corrected chi connectivity index (χ4v) is 4.12. The minimum Gasteiger partial charge on any atom is -0.481 e. The summed E-state index contributed by atoms with van der Waals surface area (Å²) in [6, 6.07) is 9.37. The Morgan fingerprint density at radius 2 is 1.90 bits per heavy atom. The van der Waals surface area contributed by atoms with E-state index in [2.05, 4.69) is 9.71 Å². The summed E-state index contributed by atoms with van der Waals surface area (Å²) in [7, 11) is -1.74. The minimum atomic E-state index is -1.74. The fourth-order valence-electron chi connectivity index (χ4n) is 2.82. The van der Waals surface area contributed by atoms with E-state index >= 15 is 0 Å². The molecule has 0 aliphatic heterocycles. The molecule has 0 saturated heterocycles. The highest BCUT2D eigenvalue weighted by Gasteiger charge is 2.17. The van der Waals surface area contributed by atoms with Crippen molar-refractivity contribution < 1.29 is 18.5 Å².